The van der Waals surface area contributed by atoms with Crippen LogP contribution in [0.5, 0.6) is 0 Å². The number of aromatic nitrogens is 1. The van der Waals surface area contributed by atoms with Crippen LogP contribution in [-0.4, -0.2) is 58.8 Å². The van der Waals surface area contributed by atoms with Gasteiger partial charge >= 0.3 is 12.3 Å². The number of hydrogen-bond donors (Lipinski definition) is 0. The number of carbonyl (C=O) groups excluding carboxylic acids is 1. The first kappa shape index (κ1) is 23.3. The lowest BCUT2D eigenvalue weighted by atomic mass is 9.72. The maximum atomic E-state index is 14.0. The van der Waals surface area contributed by atoms with Crippen molar-refractivity contribution < 1.29 is 22.7 Å². The zero-order valence-electron chi connectivity index (χ0n) is 17.6. The number of carbonyl (C=O) groups is 1. The molecular weight excluding hydrogens is 463 g/mol. The Kier molecular flexibility index (Phi) is 6.72. The molecule has 168 valence electrons. The molecule has 0 N–H and O–H groups in total. The van der Waals surface area contributed by atoms with Crippen molar-refractivity contribution in [3.05, 3.63) is 28.5 Å². The van der Waals surface area contributed by atoms with Gasteiger partial charge in [0.2, 0.25) is 0 Å². The molecule has 0 radical (unpaired) electrons. The molecule has 0 bridgehead atoms. The third-order valence-electron chi connectivity index (χ3n) is 5.87. The van der Waals surface area contributed by atoms with E-state index in [2.05, 4.69) is 20.9 Å². The summed E-state index contributed by atoms with van der Waals surface area (Å²) in [5.41, 5.74) is -0.755. The maximum Gasteiger partial charge on any atom is 0.410 e. The highest BCUT2D eigenvalue weighted by Crippen LogP contribution is 2.45. The normalized spacial score (nSPS) is 21.5. The number of amides is 1. The van der Waals surface area contributed by atoms with E-state index in [1.54, 1.807) is 11.0 Å². The summed E-state index contributed by atoms with van der Waals surface area (Å²) in [4.78, 5) is 19.6. The zero-order valence-corrected chi connectivity index (χ0v) is 19.2. The van der Waals surface area contributed by atoms with Crippen molar-refractivity contribution >= 4 is 22.0 Å². The van der Waals surface area contributed by atoms with E-state index >= 15 is 0 Å². The lowest BCUT2D eigenvalue weighted by molar-refractivity contribution is -0.196. The number of hydrogen-bond acceptors (Lipinski definition) is 4. The van der Waals surface area contributed by atoms with Gasteiger partial charge in [0.25, 0.3) is 0 Å². The number of halogens is 4. The molecule has 2 saturated heterocycles. The molecule has 3 rings (SSSR count). The quantitative estimate of drug-likeness (QED) is 0.543. The summed E-state index contributed by atoms with van der Waals surface area (Å²) >= 11 is 3.23. The summed E-state index contributed by atoms with van der Waals surface area (Å²) in [5, 5.41) is 0. The molecule has 1 aromatic heterocycles. The van der Waals surface area contributed by atoms with Crippen LogP contribution in [0.15, 0.2) is 22.8 Å². The summed E-state index contributed by atoms with van der Waals surface area (Å²) in [6.45, 7) is 7.23. The highest BCUT2D eigenvalue weighted by Gasteiger charge is 2.50. The summed E-state index contributed by atoms with van der Waals surface area (Å²) in [6.07, 6.45) is -0.400. The number of ether oxygens (including phenoxy) is 1. The molecular formula is C21H29BrF3N3O2. The Morgan fingerprint density at radius 3 is 2.37 bits per heavy atom. The van der Waals surface area contributed by atoms with Gasteiger partial charge < -0.3 is 9.64 Å². The van der Waals surface area contributed by atoms with Gasteiger partial charge in [0, 0.05) is 30.3 Å². The van der Waals surface area contributed by atoms with Crippen LogP contribution in [0.25, 0.3) is 0 Å². The van der Waals surface area contributed by atoms with E-state index < -0.39 is 17.8 Å². The molecule has 0 aromatic carbocycles. The fourth-order valence-corrected chi connectivity index (χ4v) is 4.71. The second-order valence-electron chi connectivity index (χ2n) is 9.39. The first-order valence-electron chi connectivity index (χ1n) is 10.3. The zero-order chi connectivity index (χ0) is 22.2. The van der Waals surface area contributed by atoms with Crippen LogP contribution in [-0.2, 0) is 4.74 Å². The van der Waals surface area contributed by atoms with Crippen molar-refractivity contribution in [2.45, 2.75) is 64.3 Å². The van der Waals surface area contributed by atoms with Crippen molar-refractivity contribution in [1.82, 2.24) is 14.8 Å². The first-order valence-corrected chi connectivity index (χ1v) is 11.1. The van der Waals surface area contributed by atoms with Crippen LogP contribution in [0.2, 0.25) is 0 Å². The largest absolute Gasteiger partial charge is 0.444 e. The SMILES string of the molecule is CC(C)(C)OC(=O)N1CCC2(CCCN(C(c3ccc(Br)cn3)C(F)(F)F)C2)CC1. The monoisotopic (exact) mass is 491 g/mol. The molecule has 3 heterocycles. The molecule has 1 atom stereocenters. The van der Waals surface area contributed by atoms with Crippen molar-refractivity contribution in [2.75, 3.05) is 26.2 Å². The smallest absolute Gasteiger partial charge is 0.410 e. The summed E-state index contributed by atoms with van der Waals surface area (Å²) in [7, 11) is 0. The number of nitrogens with zero attached hydrogens (tertiary/aromatic N) is 3. The Bertz CT molecular complexity index is 741. The Labute approximate surface area is 184 Å². The Balaban J connectivity index is 1.71. The molecule has 2 fully saturated rings. The van der Waals surface area contributed by atoms with Gasteiger partial charge in [-0.3, -0.25) is 9.88 Å². The number of pyridine rings is 1. The first-order chi connectivity index (χ1) is 13.9. The van der Waals surface area contributed by atoms with E-state index in [1.807, 2.05) is 20.8 Å². The number of alkyl halides is 3. The summed E-state index contributed by atoms with van der Waals surface area (Å²) in [6, 6.07) is 1.32. The molecule has 5 nitrogen and oxygen atoms in total. The second-order valence-corrected chi connectivity index (χ2v) is 10.3. The molecule has 30 heavy (non-hydrogen) atoms. The molecule has 2 aliphatic rings. The van der Waals surface area contributed by atoms with E-state index in [-0.39, 0.29) is 17.2 Å². The molecule has 9 heteroatoms. The van der Waals surface area contributed by atoms with Crippen LogP contribution < -0.4 is 0 Å². The molecule has 1 unspecified atom stereocenters. The third kappa shape index (κ3) is 5.66. The Hall–Kier alpha value is -1.35. The predicted octanol–water partition coefficient (Wildman–Crippen LogP) is 5.56. The van der Waals surface area contributed by atoms with Crippen molar-refractivity contribution in [3.63, 3.8) is 0 Å². The fraction of sp³-hybridized carbons (Fsp3) is 0.714. The minimum atomic E-state index is -4.41. The van der Waals surface area contributed by atoms with Crippen LogP contribution >= 0.6 is 15.9 Å². The average molecular weight is 492 g/mol. The van der Waals surface area contributed by atoms with Crippen molar-refractivity contribution in [3.8, 4) is 0 Å². The summed E-state index contributed by atoms with van der Waals surface area (Å²) in [5.74, 6) is 0. The van der Waals surface area contributed by atoms with Crippen molar-refractivity contribution in [1.29, 1.82) is 0 Å². The number of piperidine rings is 2. The minimum Gasteiger partial charge on any atom is -0.444 e. The van der Waals surface area contributed by atoms with Crippen LogP contribution in [0.1, 0.15) is 58.2 Å². The van der Waals surface area contributed by atoms with E-state index in [0.29, 0.717) is 49.9 Å². The molecule has 1 aromatic rings. The van der Waals surface area contributed by atoms with Gasteiger partial charge in [-0.1, -0.05) is 0 Å². The molecule has 0 saturated carbocycles. The second kappa shape index (κ2) is 8.65. The third-order valence-corrected chi connectivity index (χ3v) is 6.34. The van der Waals surface area contributed by atoms with Gasteiger partial charge in [0.05, 0.1) is 5.69 Å². The Morgan fingerprint density at radius 2 is 1.83 bits per heavy atom. The van der Waals surface area contributed by atoms with Crippen LogP contribution in [0.4, 0.5) is 18.0 Å². The van der Waals surface area contributed by atoms with Gasteiger partial charge in [-0.05, 0) is 86.5 Å². The molecule has 0 aliphatic carbocycles. The molecule has 2 aliphatic heterocycles. The summed E-state index contributed by atoms with van der Waals surface area (Å²) < 4.78 is 48.1. The molecule has 1 amide bonds. The number of rotatable bonds is 2. The standard InChI is InChI=1S/C21H29BrF3N3O2/c1-19(2,3)30-18(29)27-11-8-20(9-12-27)7-4-10-28(14-20)17(21(23,24)25)16-6-5-15(22)13-26-16/h5-6,13,17H,4,7-12,14H2,1-3H3. The van der Waals surface area contributed by atoms with E-state index in [0.717, 1.165) is 6.42 Å². The maximum absolute atomic E-state index is 14.0. The minimum absolute atomic E-state index is 0.0222. The van der Waals surface area contributed by atoms with E-state index in [1.165, 1.54) is 17.2 Å². The Morgan fingerprint density at radius 1 is 1.17 bits per heavy atom. The van der Waals surface area contributed by atoms with Gasteiger partial charge in [0.15, 0.2) is 0 Å². The molecule has 1 spiro atoms. The van der Waals surface area contributed by atoms with Gasteiger partial charge in [-0.25, -0.2) is 4.79 Å². The van der Waals surface area contributed by atoms with Gasteiger partial charge in [-0.2, -0.15) is 13.2 Å². The van der Waals surface area contributed by atoms with E-state index in [9.17, 15) is 18.0 Å². The van der Waals surface area contributed by atoms with Gasteiger partial charge in [-0.15, -0.1) is 0 Å². The van der Waals surface area contributed by atoms with Gasteiger partial charge in [0.1, 0.15) is 11.6 Å². The fourth-order valence-electron chi connectivity index (χ4n) is 4.48. The topological polar surface area (TPSA) is 45.7 Å². The van der Waals surface area contributed by atoms with Crippen LogP contribution in [0, 0.1) is 5.41 Å². The average Bonchev–Trinajstić information content (AvgIpc) is 2.62. The number of likely N-dealkylation sites (tertiary alicyclic amines) is 2. The lowest BCUT2D eigenvalue weighted by Gasteiger charge is -2.49. The highest BCUT2D eigenvalue weighted by atomic mass is 79.9. The predicted molar refractivity (Wildman–Crippen MR) is 111 cm³/mol. The van der Waals surface area contributed by atoms with Crippen molar-refractivity contribution in [2.24, 2.45) is 5.41 Å². The lowest BCUT2D eigenvalue weighted by Crippen LogP contribution is -2.53. The highest BCUT2D eigenvalue weighted by molar-refractivity contribution is 9.10. The van der Waals surface area contributed by atoms with Crippen LogP contribution in [0.3, 0.4) is 0 Å². The van der Waals surface area contributed by atoms with E-state index in [4.69, 9.17) is 4.74 Å².